The standard InChI is InChI=1S/C26H36N4O2/c1-26(25(32)27-21-11-4-2-3-5-12-21)19-29-22-13-7-6-10-20(22)18-23(29)24(31)30(26)17-16-28-14-8-9-15-28/h6-7,10,13,18,21H,2-5,8-9,11-12,14-17,19H2,1H3,(H,27,32)/t26-/m1/s1. The van der Waals surface area contributed by atoms with Gasteiger partial charge in [-0.1, -0.05) is 43.9 Å². The second kappa shape index (κ2) is 8.89. The number of rotatable bonds is 5. The molecule has 0 spiro atoms. The fourth-order valence-corrected chi connectivity index (χ4v) is 5.87. The Labute approximate surface area is 190 Å². The number of aromatic nitrogens is 1. The van der Waals surface area contributed by atoms with Crippen molar-refractivity contribution in [3.05, 3.63) is 36.0 Å². The summed E-state index contributed by atoms with van der Waals surface area (Å²) in [6.07, 6.45) is 9.38. The molecule has 1 atom stereocenters. The molecule has 0 unspecified atom stereocenters. The van der Waals surface area contributed by atoms with E-state index < -0.39 is 5.54 Å². The molecular formula is C26H36N4O2. The highest BCUT2D eigenvalue weighted by Crippen LogP contribution is 2.33. The average molecular weight is 437 g/mol. The van der Waals surface area contributed by atoms with E-state index >= 15 is 0 Å². The zero-order chi connectivity index (χ0) is 22.1. The minimum Gasteiger partial charge on any atom is -0.351 e. The van der Waals surface area contributed by atoms with Gasteiger partial charge in [0, 0.05) is 30.0 Å². The topological polar surface area (TPSA) is 57.6 Å². The second-order valence-electron chi connectivity index (χ2n) is 10.1. The number of carbonyl (C=O) groups is 2. The Morgan fingerprint density at radius 1 is 1.03 bits per heavy atom. The van der Waals surface area contributed by atoms with Gasteiger partial charge < -0.3 is 19.7 Å². The van der Waals surface area contributed by atoms with E-state index in [4.69, 9.17) is 0 Å². The van der Waals surface area contributed by atoms with Crippen LogP contribution in [0.5, 0.6) is 0 Å². The monoisotopic (exact) mass is 436 g/mol. The number of hydrogen-bond acceptors (Lipinski definition) is 3. The number of nitrogens with one attached hydrogen (secondary N) is 1. The Hall–Kier alpha value is -2.34. The van der Waals surface area contributed by atoms with Gasteiger partial charge in [0.1, 0.15) is 11.2 Å². The quantitative estimate of drug-likeness (QED) is 0.726. The van der Waals surface area contributed by atoms with Gasteiger partial charge in [0.05, 0.1) is 6.54 Å². The molecule has 172 valence electrons. The number of fused-ring (bicyclic) bond motifs is 3. The van der Waals surface area contributed by atoms with Gasteiger partial charge in [-0.3, -0.25) is 9.59 Å². The van der Waals surface area contributed by atoms with Gasteiger partial charge in [-0.15, -0.1) is 0 Å². The van der Waals surface area contributed by atoms with Crippen molar-refractivity contribution in [2.75, 3.05) is 26.2 Å². The number of hydrogen-bond donors (Lipinski definition) is 1. The first kappa shape index (κ1) is 21.5. The van der Waals surface area contributed by atoms with Crippen LogP contribution in [0.4, 0.5) is 0 Å². The van der Waals surface area contributed by atoms with E-state index in [1.807, 2.05) is 36.1 Å². The summed E-state index contributed by atoms with van der Waals surface area (Å²) in [5, 5.41) is 4.42. The van der Waals surface area contributed by atoms with Crippen molar-refractivity contribution < 1.29 is 9.59 Å². The van der Waals surface area contributed by atoms with Gasteiger partial charge >= 0.3 is 0 Å². The Morgan fingerprint density at radius 2 is 1.75 bits per heavy atom. The molecule has 2 fully saturated rings. The van der Waals surface area contributed by atoms with Gasteiger partial charge in [0.15, 0.2) is 0 Å². The first-order valence-electron chi connectivity index (χ1n) is 12.5. The Bertz CT molecular complexity index is 985. The van der Waals surface area contributed by atoms with Crippen LogP contribution >= 0.6 is 0 Å². The first-order chi connectivity index (χ1) is 15.6. The van der Waals surface area contributed by atoms with Crippen LogP contribution in [0, 0.1) is 0 Å². The molecule has 1 aromatic carbocycles. The number of carbonyl (C=O) groups excluding carboxylic acids is 2. The maximum atomic E-state index is 13.8. The Balaban J connectivity index is 1.46. The Kier molecular flexibility index (Phi) is 5.97. The van der Waals surface area contributed by atoms with E-state index in [1.165, 1.54) is 38.5 Å². The summed E-state index contributed by atoms with van der Waals surface area (Å²) < 4.78 is 2.07. The third kappa shape index (κ3) is 3.94. The predicted octanol–water partition coefficient (Wildman–Crippen LogP) is 3.79. The van der Waals surface area contributed by atoms with Crippen LogP contribution in [-0.4, -0.2) is 63.9 Å². The Morgan fingerprint density at radius 3 is 2.50 bits per heavy atom. The van der Waals surface area contributed by atoms with E-state index in [0.717, 1.165) is 43.4 Å². The first-order valence-corrected chi connectivity index (χ1v) is 12.5. The SMILES string of the molecule is C[C@]1(C(=O)NC2CCCCCC2)Cn2c(cc3ccccc32)C(=O)N1CCN1CCCC1. The number of amides is 2. The van der Waals surface area contributed by atoms with Crippen molar-refractivity contribution in [1.82, 2.24) is 19.7 Å². The van der Waals surface area contributed by atoms with Crippen LogP contribution < -0.4 is 5.32 Å². The van der Waals surface area contributed by atoms with Crippen LogP contribution in [0.2, 0.25) is 0 Å². The molecule has 2 aliphatic heterocycles. The van der Waals surface area contributed by atoms with Crippen molar-refractivity contribution in [1.29, 1.82) is 0 Å². The number of likely N-dealkylation sites (tertiary alicyclic amines) is 1. The molecule has 0 radical (unpaired) electrons. The molecule has 2 amide bonds. The largest absolute Gasteiger partial charge is 0.351 e. The molecule has 1 aromatic heterocycles. The molecule has 6 heteroatoms. The zero-order valence-corrected chi connectivity index (χ0v) is 19.3. The zero-order valence-electron chi connectivity index (χ0n) is 19.3. The number of para-hydroxylation sites is 1. The summed E-state index contributed by atoms with van der Waals surface area (Å²) in [4.78, 5) is 31.8. The lowest BCUT2D eigenvalue weighted by Gasteiger charge is -2.45. The third-order valence-corrected chi connectivity index (χ3v) is 7.85. The molecule has 5 rings (SSSR count). The van der Waals surface area contributed by atoms with Crippen LogP contribution in [0.15, 0.2) is 30.3 Å². The molecule has 1 saturated heterocycles. The summed E-state index contributed by atoms with van der Waals surface area (Å²) in [5.74, 6) is -0.0206. The highest BCUT2D eigenvalue weighted by molar-refractivity contribution is 6.03. The fraction of sp³-hybridized carbons (Fsp3) is 0.615. The van der Waals surface area contributed by atoms with Crippen molar-refractivity contribution in [2.45, 2.75) is 76.4 Å². The van der Waals surface area contributed by atoms with Crippen molar-refractivity contribution >= 4 is 22.7 Å². The summed E-state index contributed by atoms with van der Waals surface area (Å²) >= 11 is 0. The lowest BCUT2D eigenvalue weighted by molar-refractivity contribution is -0.133. The summed E-state index contributed by atoms with van der Waals surface area (Å²) in [7, 11) is 0. The average Bonchev–Trinajstić information content (AvgIpc) is 3.36. The summed E-state index contributed by atoms with van der Waals surface area (Å²) in [6.45, 7) is 6.08. The molecule has 32 heavy (non-hydrogen) atoms. The third-order valence-electron chi connectivity index (χ3n) is 7.85. The second-order valence-corrected chi connectivity index (χ2v) is 10.1. The maximum Gasteiger partial charge on any atom is 0.271 e. The van der Waals surface area contributed by atoms with E-state index in [2.05, 4.69) is 20.9 Å². The minimum atomic E-state index is -0.891. The van der Waals surface area contributed by atoms with Gasteiger partial charge in [0.2, 0.25) is 5.91 Å². The number of benzene rings is 1. The van der Waals surface area contributed by atoms with E-state index in [9.17, 15) is 9.59 Å². The fourth-order valence-electron chi connectivity index (χ4n) is 5.87. The highest BCUT2D eigenvalue weighted by atomic mass is 16.2. The van der Waals surface area contributed by atoms with Crippen LogP contribution in [0.25, 0.3) is 10.9 Å². The predicted molar refractivity (Wildman–Crippen MR) is 127 cm³/mol. The molecule has 1 saturated carbocycles. The van der Waals surface area contributed by atoms with Gasteiger partial charge in [-0.25, -0.2) is 0 Å². The van der Waals surface area contributed by atoms with Crippen LogP contribution in [-0.2, 0) is 11.3 Å². The van der Waals surface area contributed by atoms with E-state index in [1.54, 1.807) is 0 Å². The molecular weight excluding hydrogens is 400 g/mol. The number of nitrogens with zero attached hydrogens (tertiary/aromatic N) is 3. The van der Waals surface area contributed by atoms with Crippen molar-refractivity contribution in [2.24, 2.45) is 0 Å². The minimum absolute atomic E-state index is 0.00241. The van der Waals surface area contributed by atoms with E-state index in [0.29, 0.717) is 18.8 Å². The lowest BCUT2D eigenvalue weighted by Crippen LogP contribution is -2.65. The molecule has 3 aliphatic rings. The van der Waals surface area contributed by atoms with E-state index in [-0.39, 0.29) is 17.9 Å². The summed E-state index contributed by atoms with van der Waals surface area (Å²) in [6, 6.07) is 10.3. The molecule has 0 bridgehead atoms. The van der Waals surface area contributed by atoms with Crippen LogP contribution in [0.1, 0.15) is 68.8 Å². The van der Waals surface area contributed by atoms with Gasteiger partial charge in [-0.05, 0) is 57.8 Å². The molecule has 1 aliphatic carbocycles. The lowest BCUT2D eigenvalue weighted by atomic mass is 9.93. The van der Waals surface area contributed by atoms with Crippen molar-refractivity contribution in [3.8, 4) is 0 Å². The van der Waals surface area contributed by atoms with Crippen LogP contribution in [0.3, 0.4) is 0 Å². The molecule has 1 N–H and O–H groups in total. The van der Waals surface area contributed by atoms with Gasteiger partial charge in [-0.2, -0.15) is 0 Å². The molecule has 6 nitrogen and oxygen atoms in total. The highest BCUT2D eigenvalue weighted by Gasteiger charge is 2.48. The summed E-state index contributed by atoms with van der Waals surface area (Å²) in [5.41, 5.74) is 0.841. The molecule has 2 aromatic rings. The smallest absolute Gasteiger partial charge is 0.271 e. The van der Waals surface area contributed by atoms with Gasteiger partial charge in [0.25, 0.3) is 5.91 Å². The maximum absolute atomic E-state index is 13.8. The normalized spacial score (nSPS) is 25.2. The molecule has 3 heterocycles. The van der Waals surface area contributed by atoms with Crippen molar-refractivity contribution in [3.63, 3.8) is 0 Å².